The lowest BCUT2D eigenvalue weighted by atomic mass is 10.1. The molecule has 0 saturated carbocycles. The van der Waals surface area contributed by atoms with Crippen molar-refractivity contribution in [1.82, 2.24) is 5.32 Å². The Balaban J connectivity index is 1.76. The van der Waals surface area contributed by atoms with Crippen LogP contribution in [0.5, 0.6) is 11.5 Å². The van der Waals surface area contributed by atoms with Gasteiger partial charge < -0.3 is 19.5 Å². The highest BCUT2D eigenvalue weighted by Crippen LogP contribution is 2.28. The van der Waals surface area contributed by atoms with Crippen LogP contribution in [0.3, 0.4) is 0 Å². The second-order valence-electron chi connectivity index (χ2n) is 6.00. The van der Waals surface area contributed by atoms with Gasteiger partial charge in [-0.05, 0) is 37.1 Å². The molecule has 144 valence electrons. The molecule has 0 bridgehead atoms. The highest BCUT2D eigenvalue weighted by molar-refractivity contribution is 5.94. The molecule has 5 nitrogen and oxygen atoms in total. The van der Waals surface area contributed by atoms with Crippen molar-refractivity contribution in [2.24, 2.45) is 0 Å². The van der Waals surface area contributed by atoms with Gasteiger partial charge in [0.1, 0.15) is 6.61 Å². The minimum Gasteiger partial charge on any atom is -0.493 e. The van der Waals surface area contributed by atoms with Crippen LogP contribution < -0.4 is 14.8 Å². The van der Waals surface area contributed by atoms with E-state index in [0.717, 1.165) is 12.0 Å². The number of rotatable bonds is 11. The Kier molecular flexibility index (Phi) is 8.39. The van der Waals surface area contributed by atoms with E-state index in [1.54, 1.807) is 31.4 Å². The lowest BCUT2D eigenvalue weighted by Gasteiger charge is -2.14. The third-order valence-electron chi connectivity index (χ3n) is 4.03. The van der Waals surface area contributed by atoms with Gasteiger partial charge >= 0.3 is 0 Å². The first kappa shape index (κ1) is 20.5. The Morgan fingerprint density at radius 3 is 2.67 bits per heavy atom. The van der Waals surface area contributed by atoms with Gasteiger partial charge in [0.15, 0.2) is 11.5 Å². The zero-order chi connectivity index (χ0) is 19.5. The van der Waals surface area contributed by atoms with Gasteiger partial charge in [0.05, 0.1) is 13.2 Å². The minimum atomic E-state index is -0.153. The monoisotopic (exact) mass is 369 g/mol. The third-order valence-corrected chi connectivity index (χ3v) is 4.03. The SMILES string of the molecule is C=CCOc1ccc(C(=O)NCCCOC(C)c2ccccc2)cc1OC. The number of carbonyl (C=O) groups is 1. The molecule has 2 aromatic carbocycles. The van der Waals surface area contributed by atoms with Crippen LogP contribution in [0.15, 0.2) is 61.2 Å². The largest absolute Gasteiger partial charge is 0.493 e. The lowest BCUT2D eigenvalue weighted by molar-refractivity contribution is 0.0635. The molecule has 0 aliphatic rings. The standard InChI is InChI=1S/C22H27NO4/c1-4-14-27-20-12-11-19(16-21(20)25-3)22(24)23-13-8-15-26-17(2)18-9-6-5-7-10-18/h4-7,9-12,16-17H,1,8,13-15H2,2-3H3,(H,23,24). The van der Waals surface area contributed by atoms with Crippen LogP contribution in [0.2, 0.25) is 0 Å². The fourth-order valence-electron chi connectivity index (χ4n) is 2.53. The van der Waals surface area contributed by atoms with Gasteiger partial charge in [-0.25, -0.2) is 0 Å². The molecule has 5 heteroatoms. The predicted octanol–water partition coefficient (Wildman–Crippen LogP) is 4.16. The Morgan fingerprint density at radius 2 is 1.96 bits per heavy atom. The van der Waals surface area contributed by atoms with Gasteiger partial charge in [0, 0.05) is 18.7 Å². The fraction of sp³-hybridized carbons (Fsp3) is 0.318. The normalized spacial score (nSPS) is 11.5. The molecule has 0 heterocycles. The highest BCUT2D eigenvalue weighted by atomic mass is 16.5. The molecular weight excluding hydrogens is 342 g/mol. The summed E-state index contributed by atoms with van der Waals surface area (Å²) in [5.74, 6) is 0.946. The van der Waals surface area contributed by atoms with Crippen LogP contribution in [0.1, 0.15) is 35.4 Å². The fourth-order valence-corrected chi connectivity index (χ4v) is 2.53. The molecule has 0 aliphatic heterocycles. The lowest BCUT2D eigenvalue weighted by Crippen LogP contribution is -2.25. The summed E-state index contributed by atoms with van der Waals surface area (Å²) in [6, 6.07) is 15.2. The van der Waals surface area contributed by atoms with Gasteiger partial charge in [0.2, 0.25) is 0 Å². The maximum absolute atomic E-state index is 12.3. The number of carbonyl (C=O) groups excluding carboxylic acids is 1. The summed E-state index contributed by atoms with van der Waals surface area (Å²) >= 11 is 0. The maximum Gasteiger partial charge on any atom is 0.251 e. The quantitative estimate of drug-likeness (QED) is 0.477. The molecule has 1 atom stereocenters. The second kappa shape index (κ2) is 11.0. The molecule has 0 aliphatic carbocycles. The van der Waals surface area contributed by atoms with Crippen LogP contribution in [-0.4, -0.2) is 32.8 Å². The van der Waals surface area contributed by atoms with E-state index in [2.05, 4.69) is 11.9 Å². The highest BCUT2D eigenvalue weighted by Gasteiger charge is 2.11. The summed E-state index contributed by atoms with van der Waals surface area (Å²) in [5.41, 5.74) is 1.67. The van der Waals surface area contributed by atoms with E-state index in [9.17, 15) is 4.79 Å². The first-order valence-electron chi connectivity index (χ1n) is 9.02. The van der Waals surface area contributed by atoms with Gasteiger partial charge in [-0.3, -0.25) is 4.79 Å². The van der Waals surface area contributed by atoms with Crippen LogP contribution >= 0.6 is 0 Å². The van der Waals surface area contributed by atoms with Crippen molar-refractivity contribution in [3.63, 3.8) is 0 Å². The first-order valence-corrected chi connectivity index (χ1v) is 9.02. The summed E-state index contributed by atoms with van der Waals surface area (Å²) in [6.07, 6.45) is 2.43. The number of amides is 1. The average Bonchev–Trinajstić information content (AvgIpc) is 2.72. The van der Waals surface area contributed by atoms with Crippen molar-refractivity contribution in [3.8, 4) is 11.5 Å². The molecule has 0 fully saturated rings. The first-order chi connectivity index (χ1) is 13.2. The predicted molar refractivity (Wildman–Crippen MR) is 106 cm³/mol. The van der Waals surface area contributed by atoms with Crippen molar-refractivity contribution >= 4 is 5.91 Å². The number of hydrogen-bond acceptors (Lipinski definition) is 4. The molecule has 0 radical (unpaired) electrons. The van der Waals surface area contributed by atoms with Crippen molar-refractivity contribution in [3.05, 3.63) is 72.3 Å². The number of ether oxygens (including phenoxy) is 3. The topological polar surface area (TPSA) is 56.8 Å². The Morgan fingerprint density at radius 1 is 1.19 bits per heavy atom. The number of hydrogen-bond donors (Lipinski definition) is 1. The Bertz CT molecular complexity index is 730. The van der Waals surface area contributed by atoms with Crippen molar-refractivity contribution in [2.45, 2.75) is 19.4 Å². The van der Waals surface area contributed by atoms with E-state index in [1.165, 1.54) is 0 Å². The molecule has 0 saturated heterocycles. The van der Waals surface area contributed by atoms with Gasteiger partial charge in [-0.1, -0.05) is 43.0 Å². The number of benzene rings is 2. The molecule has 1 N–H and O–H groups in total. The number of methoxy groups -OCH3 is 1. The van der Waals surface area contributed by atoms with Crippen LogP contribution in [0, 0.1) is 0 Å². The second-order valence-corrected chi connectivity index (χ2v) is 6.00. The average molecular weight is 369 g/mol. The molecule has 0 spiro atoms. The summed E-state index contributed by atoms with van der Waals surface area (Å²) in [5, 5.41) is 2.89. The van der Waals surface area contributed by atoms with Crippen molar-refractivity contribution in [2.75, 3.05) is 26.9 Å². The van der Waals surface area contributed by atoms with Crippen LogP contribution in [-0.2, 0) is 4.74 Å². The smallest absolute Gasteiger partial charge is 0.251 e. The van der Waals surface area contributed by atoms with E-state index in [1.807, 2.05) is 37.3 Å². The molecular formula is C22H27NO4. The van der Waals surface area contributed by atoms with E-state index in [-0.39, 0.29) is 12.0 Å². The number of nitrogens with one attached hydrogen (secondary N) is 1. The summed E-state index contributed by atoms with van der Waals surface area (Å²) in [6.45, 7) is 7.13. The summed E-state index contributed by atoms with van der Waals surface area (Å²) in [4.78, 5) is 12.3. The molecule has 1 unspecified atom stereocenters. The summed E-state index contributed by atoms with van der Waals surface area (Å²) < 4.78 is 16.6. The molecule has 27 heavy (non-hydrogen) atoms. The Hall–Kier alpha value is -2.79. The van der Waals surface area contributed by atoms with Crippen molar-refractivity contribution in [1.29, 1.82) is 0 Å². The minimum absolute atomic E-state index is 0.0364. The zero-order valence-electron chi connectivity index (χ0n) is 15.9. The molecule has 2 aromatic rings. The molecule has 1 amide bonds. The van der Waals surface area contributed by atoms with E-state index in [0.29, 0.717) is 36.8 Å². The maximum atomic E-state index is 12.3. The van der Waals surface area contributed by atoms with Crippen molar-refractivity contribution < 1.29 is 19.0 Å². The zero-order valence-corrected chi connectivity index (χ0v) is 15.9. The van der Waals surface area contributed by atoms with Gasteiger partial charge in [-0.15, -0.1) is 0 Å². The van der Waals surface area contributed by atoms with E-state index < -0.39 is 0 Å². The summed E-state index contributed by atoms with van der Waals surface area (Å²) in [7, 11) is 1.54. The molecule has 0 aromatic heterocycles. The van der Waals surface area contributed by atoms with Gasteiger partial charge in [0.25, 0.3) is 5.91 Å². The van der Waals surface area contributed by atoms with Gasteiger partial charge in [-0.2, -0.15) is 0 Å². The van der Waals surface area contributed by atoms with Crippen LogP contribution in [0.4, 0.5) is 0 Å². The Labute approximate surface area is 161 Å². The van der Waals surface area contributed by atoms with E-state index in [4.69, 9.17) is 14.2 Å². The van der Waals surface area contributed by atoms with E-state index >= 15 is 0 Å². The molecule has 2 rings (SSSR count). The third kappa shape index (κ3) is 6.46. The van der Waals surface area contributed by atoms with Crippen LogP contribution in [0.25, 0.3) is 0 Å².